The molecule has 0 aromatic carbocycles. The quantitative estimate of drug-likeness (QED) is 0.611. The predicted molar refractivity (Wildman–Crippen MR) is 66.5 cm³/mol. The van der Waals surface area contributed by atoms with Crippen molar-refractivity contribution in [2.75, 3.05) is 0 Å². The van der Waals surface area contributed by atoms with Crippen LogP contribution in [0.4, 0.5) is 0 Å². The fourth-order valence-electron chi connectivity index (χ4n) is 1.01. The van der Waals surface area contributed by atoms with Crippen molar-refractivity contribution in [3.63, 3.8) is 0 Å². The summed E-state index contributed by atoms with van der Waals surface area (Å²) in [4.78, 5) is 1.30. The Balaban J connectivity index is 2.26. The van der Waals surface area contributed by atoms with Crippen molar-refractivity contribution in [2.24, 2.45) is 0 Å². The van der Waals surface area contributed by atoms with Gasteiger partial charge >= 0.3 is 0 Å². The first-order valence-electron chi connectivity index (χ1n) is 4.97. The van der Waals surface area contributed by atoms with Gasteiger partial charge in [0.25, 0.3) is 0 Å². The summed E-state index contributed by atoms with van der Waals surface area (Å²) in [6, 6.07) is 4.18. The molecular weight excluding hydrogens is 188 g/mol. The van der Waals surface area contributed by atoms with Crippen molar-refractivity contribution in [2.45, 2.75) is 19.8 Å². The van der Waals surface area contributed by atoms with E-state index in [4.69, 9.17) is 0 Å². The summed E-state index contributed by atoms with van der Waals surface area (Å²) in [5, 5.41) is 2.09. The standard InChI is InChI=1S/C13H16S/c1-2-3-4-5-6-7-8-10-13-11-9-12-14-13/h4-12H,2-3H2,1H3/b5-4+,7-6+,10-8+. The van der Waals surface area contributed by atoms with Crippen molar-refractivity contribution in [1.82, 2.24) is 0 Å². The van der Waals surface area contributed by atoms with Gasteiger partial charge in [-0.05, 0) is 23.9 Å². The van der Waals surface area contributed by atoms with Crippen LogP contribution >= 0.6 is 11.3 Å². The average molecular weight is 204 g/mol. The van der Waals surface area contributed by atoms with E-state index < -0.39 is 0 Å². The highest BCUT2D eigenvalue weighted by molar-refractivity contribution is 7.10. The normalized spacial score (nSPS) is 12.4. The summed E-state index contributed by atoms with van der Waals surface area (Å²) in [6.45, 7) is 2.19. The molecule has 0 aliphatic heterocycles. The average Bonchev–Trinajstić information content (AvgIpc) is 2.69. The van der Waals surface area contributed by atoms with E-state index in [0.29, 0.717) is 0 Å². The number of unbranched alkanes of at least 4 members (excludes halogenated alkanes) is 1. The lowest BCUT2D eigenvalue weighted by molar-refractivity contribution is 0.959. The van der Waals surface area contributed by atoms with Crippen LogP contribution in [0.5, 0.6) is 0 Å². The van der Waals surface area contributed by atoms with Crippen LogP contribution < -0.4 is 0 Å². The van der Waals surface area contributed by atoms with Crippen LogP contribution in [0.25, 0.3) is 6.08 Å². The zero-order valence-electron chi connectivity index (χ0n) is 8.52. The summed E-state index contributed by atoms with van der Waals surface area (Å²) in [5.74, 6) is 0. The molecule has 0 bridgehead atoms. The topological polar surface area (TPSA) is 0 Å². The molecule has 0 saturated carbocycles. The van der Waals surface area contributed by atoms with E-state index in [1.807, 2.05) is 0 Å². The lowest BCUT2D eigenvalue weighted by Crippen LogP contribution is -1.59. The molecule has 0 aliphatic rings. The second-order valence-electron chi connectivity index (χ2n) is 2.98. The fraction of sp³-hybridized carbons (Fsp3) is 0.231. The Morgan fingerprint density at radius 2 is 2.07 bits per heavy atom. The second kappa shape index (κ2) is 7.34. The molecule has 0 saturated heterocycles. The lowest BCUT2D eigenvalue weighted by Gasteiger charge is -1.80. The molecule has 14 heavy (non-hydrogen) atoms. The summed E-state index contributed by atoms with van der Waals surface area (Å²) in [7, 11) is 0. The van der Waals surface area contributed by atoms with E-state index in [2.05, 4.69) is 60.9 Å². The number of hydrogen-bond donors (Lipinski definition) is 0. The number of hydrogen-bond acceptors (Lipinski definition) is 1. The van der Waals surface area contributed by atoms with E-state index in [0.717, 1.165) is 0 Å². The molecule has 1 rings (SSSR count). The molecule has 0 unspecified atom stereocenters. The molecule has 1 aromatic heterocycles. The fourth-order valence-corrected chi connectivity index (χ4v) is 1.63. The monoisotopic (exact) mass is 204 g/mol. The molecule has 0 spiro atoms. The molecular formula is C13H16S. The maximum Gasteiger partial charge on any atom is 0.0270 e. The first kappa shape index (κ1) is 11.0. The summed E-state index contributed by atoms with van der Waals surface area (Å²) >= 11 is 1.76. The van der Waals surface area contributed by atoms with Crippen molar-refractivity contribution in [3.05, 3.63) is 52.8 Å². The maximum absolute atomic E-state index is 2.19. The second-order valence-corrected chi connectivity index (χ2v) is 3.96. The molecule has 0 nitrogen and oxygen atoms in total. The van der Waals surface area contributed by atoms with E-state index in [1.165, 1.54) is 17.7 Å². The highest BCUT2D eigenvalue weighted by atomic mass is 32.1. The largest absolute Gasteiger partial charge is 0.144 e. The zero-order chi connectivity index (χ0) is 10.1. The molecule has 0 atom stereocenters. The molecule has 1 aromatic rings. The van der Waals surface area contributed by atoms with Crippen LogP contribution in [0.15, 0.2) is 47.9 Å². The van der Waals surface area contributed by atoms with Crippen LogP contribution in [0.1, 0.15) is 24.6 Å². The van der Waals surface area contributed by atoms with Gasteiger partial charge in [-0.15, -0.1) is 11.3 Å². The van der Waals surface area contributed by atoms with Gasteiger partial charge in [-0.2, -0.15) is 0 Å². The maximum atomic E-state index is 2.19. The highest BCUT2D eigenvalue weighted by Crippen LogP contribution is 2.09. The van der Waals surface area contributed by atoms with E-state index in [1.54, 1.807) is 11.3 Å². The Kier molecular flexibility index (Phi) is 5.76. The van der Waals surface area contributed by atoms with Gasteiger partial charge in [0.15, 0.2) is 0 Å². The van der Waals surface area contributed by atoms with Crippen LogP contribution in [0, 0.1) is 0 Å². The molecule has 0 aliphatic carbocycles. The van der Waals surface area contributed by atoms with Gasteiger partial charge in [0.05, 0.1) is 0 Å². The van der Waals surface area contributed by atoms with Gasteiger partial charge in [-0.25, -0.2) is 0 Å². The van der Waals surface area contributed by atoms with Gasteiger partial charge < -0.3 is 0 Å². The van der Waals surface area contributed by atoms with E-state index in [-0.39, 0.29) is 0 Å². The Labute approximate surface area is 90.3 Å². The van der Waals surface area contributed by atoms with Crippen molar-refractivity contribution in [3.8, 4) is 0 Å². The number of allylic oxidation sites excluding steroid dienone is 5. The molecule has 0 radical (unpaired) electrons. The highest BCUT2D eigenvalue weighted by Gasteiger charge is 1.81. The Hall–Kier alpha value is -1.08. The van der Waals surface area contributed by atoms with Gasteiger partial charge in [0.2, 0.25) is 0 Å². The summed E-state index contributed by atoms with van der Waals surface area (Å²) in [5.41, 5.74) is 0. The van der Waals surface area contributed by atoms with E-state index >= 15 is 0 Å². The van der Waals surface area contributed by atoms with E-state index in [9.17, 15) is 0 Å². The molecule has 1 heterocycles. The smallest absolute Gasteiger partial charge is 0.0270 e. The number of rotatable bonds is 5. The SMILES string of the molecule is CCC/C=C/C=C/C=C/c1cccs1. The molecule has 0 amide bonds. The minimum Gasteiger partial charge on any atom is -0.144 e. The molecule has 0 N–H and O–H groups in total. The Morgan fingerprint density at radius 3 is 2.79 bits per heavy atom. The third-order valence-electron chi connectivity index (χ3n) is 1.73. The van der Waals surface area contributed by atoms with Crippen molar-refractivity contribution < 1.29 is 0 Å². The third-order valence-corrected chi connectivity index (χ3v) is 2.57. The van der Waals surface area contributed by atoms with Crippen LogP contribution in [-0.4, -0.2) is 0 Å². The third kappa shape index (κ3) is 4.83. The first-order chi connectivity index (χ1) is 6.93. The minimum absolute atomic E-state index is 1.17. The molecule has 1 heteroatoms. The minimum atomic E-state index is 1.17. The van der Waals surface area contributed by atoms with Gasteiger partial charge in [0.1, 0.15) is 0 Å². The number of thiophene rings is 1. The van der Waals surface area contributed by atoms with Crippen molar-refractivity contribution >= 4 is 17.4 Å². The van der Waals surface area contributed by atoms with Crippen LogP contribution in [-0.2, 0) is 0 Å². The molecule has 74 valence electrons. The first-order valence-corrected chi connectivity index (χ1v) is 5.85. The summed E-state index contributed by atoms with van der Waals surface area (Å²) in [6.07, 6.45) is 15.0. The van der Waals surface area contributed by atoms with Gasteiger partial charge in [-0.3, -0.25) is 0 Å². The van der Waals surface area contributed by atoms with Crippen LogP contribution in [0.3, 0.4) is 0 Å². The zero-order valence-corrected chi connectivity index (χ0v) is 9.34. The van der Waals surface area contributed by atoms with Crippen molar-refractivity contribution in [1.29, 1.82) is 0 Å². The lowest BCUT2D eigenvalue weighted by atomic mass is 10.3. The summed E-state index contributed by atoms with van der Waals surface area (Å²) < 4.78 is 0. The van der Waals surface area contributed by atoms with Gasteiger partial charge in [0, 0.05) is 4.88 Å². The Bertz CT molecular complexity index is 302. The predicted octanol–water partition coefficient (Wildman–Crippen LogP) is 4.67. The van der Waals surface area contributed by atoms with Crippen LogP contribution in [0.2, 0.25) is 0 Å². The Morgan fingerprint density at radius 1 is 1.21 bits per heavy atom. The molecule has 0 fully saturated rings. The van der Waals surface area contributed by atoms with Gasteiger partial charge in [-0.1, -0.05) is 49.8 Å².